The first-order valence-corrected chi connectivity index (χ1v) is 13.5. The molecule has 0 saturated heterocycles. The first kappa shape index (κ1) is 30.6. The van der Waals surface area contributed by atoms with Gasteiger partial charge < -0.3 is 10.3 Å². The van der Waals surface area contributed by atoms with Crippen molar-refractivity contribution in [1.82, 2.24) is 4.98 Å². The van der Waals surface area contributed by atoms with E-state index in [9.17, 15) is 9.59 Å². The van der Waals surface area contributed by atoms with Gasteiger partial charge in [0.05, 0.1) is 20.8 Å². The number of aromatic nitrogens is 1. The van der Waals surface area contributed by atoms with Crippen molar-refractivity contribution in [3.63, 3.8) is 0 Å². The SMILES string of the molecule is CC.CC.CC.CC.CNc1cc(C)sc1-c1cc2c(=O)[nH]c3cc(C)sc3c2cc1C=O. The van der Waals surface area contributed by atoms with Crippen LogP contribution in [0.2, 0.25) is 0 Å². The average molecular weight is 489 g/mol. The number of anilines is 1. The molecule has 0 amide bonds. The molecule has 182 valence electrons. The number of aromatic amines is 1. The van der Waals surface area contributed by atoms with Crippen molar-refractivity contribution in [2.24, 2.45) is 0 Å². The molecule has 0 spiro atoms. The van der Waals surface area contributed by atoms with Gasteiger partial charge in [0.15, 0.2) is 6.29 Å². The molecule has 0 saturated carbocycles. The molecule has 6 heteroatoms. The van der Waals surface area contributed by atoms with Crippen molar-refractivity contribution in [3.8, 4) is 10.4 Å². The van der Waals surface area contributed by atoms with E-state index in [1.54, 1.807) is 22.7 Å². The predicted octanol–water partition coefficient (Wildman–Crippen LogP) is 9.05. The number of hydrogen-bond acceptors (Lipinski definition) is 5. The van der Waals surface area contributed by atoms with Crippen molar-refractivity contribution in [2.75, 3.05) is 12.4 Å². The minimum absolute atomic E-state index is 0.127. The molecule has 0 aliphatic rings. The second-order valence-electron chi connectivity index (χ2n) is 6.01. The van der Waals surface area contributed by atoms with Gasteiger partial charge in [-0.1, -0.05) is 55.4 Å². The molecule has 0 unspecified atom stereocenters. The first-order valence-electron chi connectivity index (χ1n) is 11.9. The van der Waals surface area contributed by atoms with Crippen LogP contribution in [0, 0.1) is 13.8 Å². The second-order valence-corrected chi connectivity index (χ2v) is 8.52. The lowest BCUT2D eigenvalue weighted by atomic mass is 10.0. The summed E-state index contributed by atoms with van der Waals surface area (Å²) in [5, 5.41) is 4.62. The van der Waals surface area contributed by atoms with Crippen LogP contribution in [-0.2, 0) is 0 Å². The van der Waals surface area contributed by atoms with E-state index in [4.69, 9.17) is 0 Å². The topological polar surface area (TPSA) is 62.0 Å². The fourth-order valence-corrected chi connectivity index (χ4v) is 5.24. The zero-order chi connectivity index (χ0) is 25.7. The summed E-state index contributed by atoms with van der Waals surface area (Å²) in [6, 6.07) is 7.71. The van der Waals surface area contributed by atoms with Gasteiger partial charge in [-0.3, -0.25) is 9.59 Å². The number of thiophene rings is 2. The van der Waals surface area contributed by atoms with Crippen molar-refractivity contribution >= 4 is 55.6 Å². The normalized spacial score (nSPS) is 9.30. The number of hydrogen-bond donors (Lipinski definition) is 2. The highest BCUT2D eigenvalue weighted by molar-refractivity contribution is 7.20. The molecule has 0 radical (unpaired) electrons. The lowest BCUT2D eigenvalue weighted by Crippen LogP contribution is -2.06. The van der Waals surface area contributed by atoms with Crippen molar-refractivity contribution in [3.05, 3.63) is 49.9 Å². The van der Waals surface area contributed by atoms with Gasteiger partial charge in [0.1, 0.15) is 0 Å². The van der Waals surface area contributed by atoms with E-state index in [-0.39, 0.29) is 5.56 Å². The van der Waals surface area contributed by atoms with E-state index in [1.165, 1.54) is 0 Å². The smallest absolute Gasteiger partial charge is 0.256 e. The molecule has 1 aromatic carbocycles. The highest BCUT2D eigenvalue weighted by atomic mass is 32.1. The molecule has 3 aromatic heterocycles. The zero-order valence-corrected chi connectivity index (χ0v) is 23.7. The molecule has 0 aliphatic carbocycles. The van der Waals surface area contributed by atoms with Crippen LogP contribution in [0.25, 0.3) is 31.4 Å². The van der Waals surface area contributed by atoms with Crippen LogP contribution in [0.15, 0.2) is 29.1 Å². The van der Waals surface area contributed by atoms with Gasteiger partial charge in [-0.2, -0.15) is 0 Å². The van der Waals surface area contributed by atoms with Crippen LogP contribution in [0.5, 0.6) is 0 Å². The molecule has 0 aliphatic heterocycles. The Morgan fingerprint density at radius 3 is 1.94 bits per heavy atom. The summed E-state index contributed by atoms with van der Waals surface area (Å²) >= 11 is 3.24. The Hall–Kier alpha value is -2.44. The van der Waals surface area contributed by atoms with E-state index in [2.05, 4.69) is 16.4 Å². The maximum atomic E-state index is 12.6. The van der Waals surface area contributed by atoms with Crippen LogP contribution in [0.4, 0.5) is 5.69 Å². The molecule has 0 bridgehead atoms. The van der Waals surface area contributed by atoms with Gasteiger partial charge in [-0.15, -0.1) is 22.7 Å². The maximum Gasteiger partial charge on any atom is 0.256 e. The molecule has 4 rings (SSSR count). The Bertz CT molecular complexity index is 1200. The number of rotatable bonds is 3. The number of aldehydes is 1. The van der Waals surface area contributed by atoms with E-state index < -0.39 is 0 Å². The number of aryl methyl sites for hydroxylation is 2. The standard InChI is InChI=1S/C19H16N2O2S2.4C2H6/c1-9-4-15(20-3)17(24-9)12-7-14-13(6-11(12)8-22)18-16(21-19(14)23)5-10(2)25-18;4*1-2/h4-8,20H,1-3H3,(H,21,23);4*1-2H3. The fourth-order valence-electron chi connectivity index (χ4n) is 3.18. The number of pyridine rings is 1. The van der Waals surface area contributed by atoms with Crippen LogP contribution in [0.1, 0.15) is 75.5 Å². The summed E-state index contributed by atoms with van der Waals surface area (Å²) in [6.07, 6.45) is 0.872. The summed E-state index contributed by atoms with van der Waals surface area (Å²) in [6.45, 7) is 20.0. The Morgan fingerprint density at radius 1 is 0.818 bits per heavy atom. The van der Waals surface area contributed by atoms with Crippen molar-refractivity contribution in [2.45, 2.75) is 69.2 Å². The van der Waals surface area contributed by atoms with Crippen LogP contribution >= 0.6 is 22.7 Å². The Balaban J connectivity index is 0.00000116. The monoisotopic (exact) mass is 488 g/mol. The van der Waals surface area contributed by atoms with Crippen LogP contribution in [-0.4, -0.2) is 18.3 Å². The van der Waals surface area contributed by atoms with Gasteiger partial charge in [-0.25, -0.2) is 0 Å². The number of nitrogens with one attached hydrogen (secondary N) is 2. The molecule has 33 heavy (non-hydrogen) atoms. The van der Waals surface area contributed by atoms with Gasteiger partial charge >= 0.3 is 0 Å². The fraction of sp³-hybridized carbons (Fsp3) is 0.407. The third-order valence-corrected chi connectivity index (χ3v) is 6.45. The minimum atomic E-state index is -0.127. The molecule has 0 atom stereocenters. The Labute approximate surface area is 207 Å². The molecule has 4 nitrogen and oxygen atoms in total. The highest BCUT2D eigenvalue weighted by Crippen LogP contribution is 2.40. The largest absolute Gasteiger partial charge is 0.387 e. The summed E-state index contributed by atoms with van der Waals surface area (Å²) in [7, 11) is 1.86. The molecule has 4 aromatic rings. The number of carbonyl (C=O) groups excluding carboxylic acids is 1. The molecule has 3 heterocycles. The number of H-pyrrole nitrogens is 1. The van der Waals surface area contributed by atoms with E-state index in [0.29, 0.717) is 10.9 Å². The number of benzene rings is 1. The zero-order valence-electron chi connectivity index (χ0n) is 22.0. The second kappa shape index (κ2) is 15.4. The predicted molar refractivity (Wildman–Crippen MR) is 153 cm³/mol. The van der Waals surface area contributed by atoms with Crippen molar-refractivity contribution < 1.29 is 4.79 Å². The third kappa shape index (κ3) is 6.78. The van der Waals surface area contributed by atoms with E-state index in [1.807, 2.05) is 94.5 Å². The van der Waals surface area contributed by atoms with Gasteiger partial charge in [0, 0.05) is 38.7 Å². The molecule has 0 fully saturated rings. The quantitative estimate of drug-likeness (QED) is 0.283. The summed E-state index contributed by atoms with van der Waals surface area (Å²) in [4.78, 5) is 30.6. The minimum Gasteiger partial charge on any atom is -0.387 e. The molecule has 2 N–H and O–H groups in total. The average Bonchev–Trinajstić information content (AvgIpc) is 3.44. The van der Waals surface area contributed by atoms with Gasteiger partial charge in [0.25, 0.3) is 5.56 Å². The Morgan fingerprint density at radius 2 is 1.39 bits per heavy atom. The first-order chi connectivity index (χ1) is 16.0. The summed E-state index contributed by atoms with van der Waals surface area (Å²) in [5.74, 6) is 0. The maximum absolute atomic E-state index is 12.6. The van der Waals surface area contributed by atoms with Crippen molar-refractivity contribution in [1.29, 1.82) is 0 Å². The van der Waals surface area contributed by atoms with Crippen LogP contribution < -0.4 is 10.9 Å². The van der Waals surface area contributed by atoms with E-state index in [0.717, 1.165) is 47.8 Å². The highest BCUT2D eigenvalue weighted by Gasteiger charge is 2.16. The van der Waals surface area contributed by atoms with Crippen LogP contribution in [0.3, 0.4) is 0 Å². The summed E-state index contributed by atoms with van der Waals surface area (Å²) < 4.78 is 1.01. The van der Waals surface area contributed by atoms with Gasteiger partial charge in [-0.05, 0) is 38.1 Å². The number of fused-ring (bicyclic) bond motifs is 3. The molecular formula is C27H40N2O2S2. The van der Waals surface area contributed by atoms with E-state index >= 15 is 0 Å². The molecular weight excluding hydrogens is 448 g/mol. The lowest BCUT2D eigenvalue weighted by molar-refractivity contribution is 0.112. The Kier molecular flexibility index (Phi) is 14.3. The summed E-state index contributed by atoms with van der Waals surface area (Å²) in [5.41, 5.74) is 3.06. The number of carbonyl (C=O) groups is 1. The third-order valence-electron chi connectivity index (χ3n) is 4.28. The lowest BCUT2D eigenvalue weighted by Gasteiger charge is -2.09. The van der Waals surface area contributed by atoms with Gasteiger partial charge in [0.2, 0.25) is 0 Å².